The van der Waals surface area contributed by atoms with E-state index in [-0.39, 0.29) is 23.6 Å². The zero-order chi connectivity index (χ0) is 25.8. The van der Waals surface area contributed by atoms with E-state index in [0.717, 1.165) is 40.7 Å². The molecular weight excluding hydrogens is 482 g/mol. The Labute approximate surface area is 220 Å². The number of aromatic nitrogens is 3. The lowest BCUT2D eigenvalue weighted by atomic mass is 10.1. The number of likely N-dealkylation sites (tertiary alicyclic amines) is 1. The molecule has 1 aromatic heterocycles. The van der Waals surface area contributed by atoms with Gasteiger partial charge in [0.05, 0.1) is 11.8 Å². The molecule has 1 saturated heterocycles. The van der Waals surface area contributed by atoms with Crippen LogP contribution in [0.15, 0.2) is 84.5 Å². The summed E-state index contributed by atoms with van der Waals surface area (Å²) in [5.41, 5.74) is 2.55. The number of aryl methyl sites for hydroxylation is 1. The van der Waals surface area contributed by atoms with Crippen molar-refractivity contribution >= 4 is 40.0 Å². The van der Waals surface area contributed by atoms with Gasteiger partial charge in [-0.2, -0.15) is 0 Å². The summed E-state index contributed by atoms with van der Waals surface area (Å²) in [6.07, 6.45) is 3.51. The SMILES string of the molecule is C=CCn1c(SCC(=O)Nc2ccc3ccccc3c2)nnc1C1CCCN1C(=O)c1ccc(C)cc1. The van der Waals surface area contributed by atoms with E-state index < -0.39 is 0 Å². The van der Waals surface area contributed by atoms with Crippen molar-refractivity contribution in [2.45, 2.75) is 37.5 Å². The third-order valence-corrected chi connectivity index (χ3v) is 7.50. The highest BCUT2D eigenvalue weighted by atomic mass is 32.2. The molecule has 8 heteroatoms. The Balaban J connectivity index is 1.29. The Morgan fingerprint density at radius 3 is 2.65 bits per heavy atom. The maximum absolute atomic E-state index is 13.3. The van der Waals surface area contributed by atoms with Gasteiger partial charge in [-0.1, -0.05) is 65.9 Å². The van der Waals surface area contributed by atoms with E-state index in [1.54, 1.807) is 6.08 Å². The molecule has 1 fully saturated rings. The number of nitrogens with one attached hydrogen (secondary N) is 1. The largest absolute Gasteiger partial charge is 0.328 e. The predicted molar refractivity (Wildman–Crippen MR) is 148 cm³/mol. The second kappa shape index (κ2) is 11.0. The Bertz CT molecular complexity index is 1450. The molecule has 37 heavy (non-hydrogen) atoms. The van der Waals surface area contributed by atoms with Gasteiger partial charge >= 0.3 is 0 Å². The van der Waals surface area contributed by atoms with Crippen LogP contribution in [0.3, 0.4) is 0 Å². The first kappa shape index (κ1) is 24.8. The molecule has 1 aliphatic heterocycles. The Kier molecular flexibility index (Phi) is 7.37. The molecule has 0 radical (unpaired) electrons. The van der Waals surface area contributed by atoms with E-state index in [9.17, 15) is 9.59 Å². The number of nitrogens with zero attached hydrogens (tertiary/aromatic N) is 4. The van der Waals surface area contributed by atoms with Gasteiger partial charge in [0, 0.05) is 24.3 Å². The van der Waals surface area contributed by atoms with Gasteiger partial charge in [-0.25, -0.2) is 0 Å². The summed E-state index contributed by atoms with van der Waals surface area (Å²) in [4.78, 5) is 27.9. The molecule has 0 bridgehead atoms. The Morgan fingerprint density at radius 2 is 1.86 bits per heavy atom. The van der Waals surface area contributed by atoms with Crippen LogP contribution in [0.2, 0.25) is 0 Å². The Hall–Kier alpha value is -3.91. The summed E-state index contributed by atoms with van der Waals surface area (Å²) in [6, 6.07) is 21.4. The monoisotopic (exact) mass is 511 g/mol. The molecule has 3 aromatic carbocycles. The summed E-state index contributed by atoms with van der Waals surface area (Å²) in [5, 5.41) is 14.7. The molecule has 0 saturated carbocycles. The molecule has 2 amide bonds. The number of fused-ring (bicyclic) bond motifs is 1. The number of carbonyl (C=O) groups excluding carboxylic acids is 2. The number of hydrogen-bond acceptors (Lipinski definition) is 5. The Morgan fingerprint density at radius 1 is 1.08 bits per heavy atom. The van der Waals surface area contributed by atoms with Gasteiger partial charge in [0.15, 0.2) is 11.0 Å². The topological polar surface area (TPSA) is 80.1 Å². The number of thioether (sulfide) groups is 1. The smallest absolute Gasteiger partial charge is 0.254 e. The summed E-state index contributed by atoms with van der Waals surface area (Å²) in [5.74, 6) is 0.806. The summed E-state index contributed by atoms with van der Waals surface area (Å²) in [7, 11) is 0. The molecule has 188 valence electrons. The van der Waals surface area contributed by atoms with Gasteiger partial charge < -0.3 is 14.8 Å². The van der Waals surface area contributed by atoms with E-state index in [1.807, 2.05) is 83.1 Å². The molecule has 4 aromatic rings. The number of hydrogen-bond donors (Lipinski definition) is 1. The molecule has 0 spiro atoms. The molecule has 1 aliphatic rings. The number of allylic oxidation sites excluding steroid dienone is 1. The van der Waals surface area contributed by atoms with Crippen molar-refractivity contribution in [2.75, 3.05) is 17.6 Å². The van der Waals surface area contributed by atoms with E-state index >= 15 is 0 Å². The number of benzene rings is 3. The van der Waals surface area contributed by atoms with Crippen LogP contribution in [0.4, 0.5) is 5.69 Å². The molecule has 5 rings (SSSR count). The van der Waals surface area contributed by atoms with Gasteiger partial charge in [-0.3, -0.25) is 9.59 Å². The van der Waals surface area contributed by atoms with E-state index in [4.69, 9.17) is 0 Å². The van der Waals surface area contributed by atoms with Crippen LogP contribution in [0.1, 0.15) is 40.6 Å². The summed E-state index contributed by atoms with van der Waals surface area (Å²) in [6.45, 7) is 7.07. The fraction of sp³-hybridized carbons (Fsp3) is 0.241. The zero-order valence-corrected chi connectivity index (χ0v) is 21.6. The van der Waals surface area contributed by atoms with E-state index in [1.165, 1.54) is 11.8 Å². The van der Waals surface area contributed by atoms with E-state index in [0.29, 0.717) is 23.8 Å². The lowest BCUT2D eigenvalue weighted by Crippen LogP contribution is -2.32. The summed E-state index contributed by atoms with van der Waals surface area (Å²) >= 11 is 1.33. The third-order valence-electron chi connectivity index (χ3n) is 6.53. The highest BCUT2D eigenvalue weighted by Gasteiger charge is 2.34. The first-order chi connectivity index (χ1) is 18.0. The van der Waals surface area contributed by atoms with Crippen LogP contribution in [0.25, 0.3) is 10.8 Å². The van der Waals surface area contributed by atoms with Gasteiger partial charge in [0.1, 0.15) is 0 Å². The normalized spacial score (nSPS) is 15.2. The minimum atomic E-state index is -0.165. The van der Waals surface area contributed by atoms with Crippen LogP contribution in [0, 0.1) is 6.92 Å². The van der Waals surface area contributed by atoms with Crippen molar-refractivity contribution in [2.24, 2.45) is 0 Å². The molecule has 0 aliphatic carbocycles. The van der Waals surface area contributed by atoms with Crippen LogP contribution < -0.4 is 5.32 Å². The van der Waals surface area contributed by atoms with Crippen LogP contribution in [-0.2, 0) is 11.3 Å². The quantitative estimate of drug-likeness (QED) is 0.245. The molecular formula is C29H29N5O2S. The lowest BCUT2D eigenvalue weighted by molar-refractivity contribution is -0.113. The molecule has 1 atom stereocenters. The van der Waals surface area contributed by atoms with Crippen LogP contribution in [0.5, 0.6) is 0 Å². The standard InChI is InChI=1S/C29H29N5O2S/c1-3-16-34-27(25-9-6-17-33(25)28(36)22-12-10-20(2)11-13-22)31-32-29(34)37-19-26(35)30-24-15-14-21-7-4-5-8-23(21)18-24/h3-5,7-8,10-15,18,25H,1,6,9,16-17,19H2,2H3,(H,30,35). The second-order valence-electron chi connectivity index (χ2n) is 9.16. The van der Waals surface area contributed by atoms with Gasteiger partial charge in [-0.05, 0) is 54.8 Å². The average Bonchev–Trinajstić information content (AvgIpc) is 3.55. The number of amides is 2. The van der Waals surface area contributed by atoms with Gasteiger partial charge in [0.2, 0.25) is 5.91 Å². The number of carbonyl (C=O) groups is 2. The second-order valence-corrected chi connectivity index (χ2v) is 10.1. The minimum absolute atomic E-state index is 0.000353. The van der Waals surface area contributed by atoms with Crippen LogP contribution in [-0.4, -0.2) is 43.8 Å². The average molecular weight is 512 g/mol. The maximum atomic E-state index is 13.3. The molecule has 1 N–H and O–H groups in total. The van der Waals surface area contributed by atoms with Crippen molar-refractivity contribution in [1.82, 2.24) is 19.7 Å². The van der Waals surface area contributed by atoms with Crippen LogP contribution >= 0.6 is 11.8 Å². The molecule has 2 heterocycles. The summed E-state index contributed by atoms with van der Waals surface area (Å²) < 4.78 is 1.96. The van der Waals surface area contributed by atoms with Gasteiger partial charge in [-0.15, -0.1) is 16.8 Å². The number of rotatable bonds is 8. The van der Waals surface area contributed by atoms with Gasteiger partial charge in [0.25, 0.3) is 5.91 Å². The van der Waals surface area contributed by atoms with E-state index in [2.05, 4.69) is 22.1 Å². The minimum Gasteiger partial charge on any atom is -0.328 e. The zero-order valence-electron chi connectivity index (χ0n) is 20.8. The predicted octanol–water partition coefficient (Wildman–Crippen LogP) is 5.63. The maximum Gasteiger partial charge on any atom is 0.254 e. The van der Waals surface area contributed by atoms with Crippen molar-refractivity contribution in [3.8, 4) is 0 Å². The van der Waals surface area contributed by atoms with Crippen molar-refractivity contribution in [3.63, 3.8) is 0 Å². The first-order valence-corrected chi connectivity index (χ1v) is 13.3. The van der Waals surface area contributed by atoms with Crippen molar-refractivity contribution < 1.29 is 9.59 Å². The molecule has 1 unspecified atom stereocenters. The third kappa shape index (κ3) is 5.44. The first-order valence-electron chi connectivity index (χ1n) is 12.4. The molecule has 7 nitrogen and oxygen atoms in total. The highest BCUT2D eigenvalue weighted by molar-refractivity contribution is 7.99. The highest BCUT2D eigenvalue weighted by Crippen LogP contribution is 2.34. The lowest BCUT2D eigenvalue weighted by Gasteiger charge is -2.24. The number of anilines is 1. The fourth-order valence-electron chi connectivity index (χ4n) is 4.69. The van der Waals surface area contributed by atoms with Crippen molar-refractivity contribution in [3.05, 3.63) is 96.3 Å². The van der Waals surface area contributed by atoms with Crippen molar-refractivity contribution in [1.29, 1.82) is 0 Å². The fourth-order valence-corrected chi connectivity index (χ4v) is 5.44.